The first-order chi connectivity index (χ1) is 16.1. The van der Waals surface area contributed by atoms with Gasteiger partial charge in [-0.05, 0) is 36.4 Å². The highest BCUT2D eigenvalue weighted by Crippen LogP contribution is 2.36. The first kappa shape index (κ1) is 19.6. The van der Waals surface area contributed by atoms with E-state index >= 15 is 0 Å². The number of sulfone groups is 1. The average molecular weight is 449 g/mol. The molecule has 5 heteroatoms. The topological polar surface area (TPSA) is 44.0 Å². The third kappa shape index (κ3) is 3.09. The van der Waals surface area contributed by atoms with Crippen LogP contribution in [-0.4, -0.2) is 17.6 Å². The molecule has 6 aromatic rings. The van der Waals surface area contributed by atoms with Gasteiger partial charge in [0, 0.05) is 34.5 Å². The molecule has 4 nitrogen and oxygen atoms in total. The van der Waals surface area contributed by atoms with Gasteiger partial charge in [0.1, 0.15) is 0 Å². The lowest BCUT2D eigenvalue weighted by molar-refractivity contribution is 0.597. The summed E-state index contributed by atoms with van der Waals surface area (Å²) in [7, 11) is -3.81. The number of hydrogen-bond donors (Lipinski definition) is 0. The zero-order valence-electron chi connectivity index (χ0n) is 17.7. The second kappa shape index (κ2) is 7.50. The van der Waals surface area contributed by atoms with Gasteiger partial charge in [0.15, 0.2) is 0 Å². The van der Waals surface area contributed by atoms with Crippen molar-refractivity contribution in [2.45, 2.75) is 9.79 Å². The van der Waals surface area contributed by atoms with Crippen molar-refractivity contribution in [2.24, 2.45) is 0 Å². The Morgan fingerprint density at radius 2 is 0.818 bits per heavy atom. The summed E-state index contributed by atoms with van der Waals surface area (Å²) in [6.45, 7) is 0. The summed E-state index contributed by atoms with van der Waals surface area (Å²) in [4.78, 5) is 0.607. The SMILES string of the molecule is O=S(=O)(c1cn(-c2ccccc2)c2ccccc12)c1cn(-c2ccccc2)c2ccccc12. The Kier molecular flexibility index (Phi) is 4.45. The van der Waals surface area contributed by atoms with E-state index in [1.165, 1.54) is 0 Å². The molecule has 0 unspecified atom stereocenters. The highest BCUT2D eigenvalue weighted by Gasteiger charge is 2.27. The third-order valence-corrected chi connectivity index (χ3v) is 7.81. The van der Waals surface area contributed by atoms with Crippen molar-refractivity contribution in [3.05, 3.63) is 122 Å². The van der Waals surface area contributed by atoms with Crippen molar-refractivity contribution >= 4 is 31.6 Å². The van der Waals surface area contributed by atoms with Gasteiger partial charge in [0.25, 0.3) is 0 Å². The number of benzene rings is 4. The first-order valence-electron chi connectivity index (χ1n) is 10.7. The lowest BCUT2D eigenvalue weighted by Gasteiger charge is -2.04. The Morgan fingerprint density at radius 3 is 1.24 bits per heavy atom. The average Bonchev–Trinajstić information content (AvgIpc) is 3.46. The maximum absolute atomic E-state index is 14.1. The smallest absolute Gasteiger partial charge is 0.210 e. The third-order valence-electron chi connectivity index (χ3n) is 6.00. The van der Waals surface area contributed by atoms with Crippen molar-refractivity contribution in [3.8, 4) is 11.4 Å². The quantitative estimate of drug-likeness (QED) is 0.313. The van der Waals surface area contributed by atoms with Gasteiger partial charge in [-0.15, -0.1) is 0 Å². The van der Waals surface area contributed by atoms with Crippen LogP contribution in [0.3, 0.4) is 0 Å². The van der Waals surface area contributed by atoms with E-state index in [1.807, 2.05) is 118 Å². The Hall–Kier alpha value is -4.09. The van der Waals surface area contributed by atoms with Gasteiger partial charge in [-0.3, -0.25) is 0 Å². The van der Waals surface area contributed by atoms with Crippen LogP contribution in [0, 0.1) is 0 Å². The van der Waals surface area contributed by atoms with Crippen LogP contribution in [0.5, 0.6) is 0 Å². The van der Waals surface area contributed by atoms with Crippen LogP contribution in [0.2, 0.25) is 0 Å². The van der Waals surface area contributed by atoms with E-state index in [0.29, 0.717) is 20.6 Å². The molecule has 160 valence electrons. The lowest BCUT2D eigenvalue weighted by Crippen LogP contribution is -2.01. The molecule has 2 aromatic heterocycles. The Labute approximate surface area is 191 Å². The monoisotopic (exact) mass is 448 g/mol. The van der Waals surface area contributed by atoms with E-state index in [0.717, 1.165) is 22.4 Å². The molecule has 0 spiro atoms. The zero-order chi connectivity index (χ0) is 22.4. The molecule has 0 radical (unpaired) electrons. The molecule has 0 aliphatic carbocycles. The fraction of sp³-hybridized carbons (Fsp3) is 0. The maximum Gasteiger partial charge on any atom is 0.210 e. The molecule has 6 rings (SSSR count). The Bertz CT molecular complexity index is 1590. The van der Waals surface area contributed by atoms with Crippen LogP contribution >= 0.6 is 0 Å². The fourth-order valence-electron chi connectivity index (χ4n) is 4.45. The summed E-state index contributed by atoms with van der Waals surface area (Å²) in [6, 6.07) is 34.9. The second-order valence-electron chi connectivity index (χ2n) is 7.94. The number of aromatic nitrogens is 2. The molecule has 0 aliphatic heterocycles. The van der Waals surface area contributed by atoms with Gasteiger partial charge in [-0.2, -0.15) is 0 Å². The molecule has 2 heterocycles. The van der Waals surface area contributed by atoms with Crippen LogP contribution in [0.15, 0.2) is 131 Å². The summed E-state index contributed by atoms with van der Waals surface area (Å²) >= 11 is 0. The standard InChI is InChI=1S/C28H20N2O2S/c31-33(32,27-19-29(21-11-3-1-4-12-21)25-17-9-7-15-23(25)27)28-20-30(22-13-5-2-6-14-22)26-18-10-8-16-24(26)28/h1-20H. The van der Waals surface area contributed by atoms with E-state index in [9.17, 15) is 8.42 Å². The highest BCUT2D eigenvalue weighted by molar-refractivity contribution is 7.92. The minimum atomic E-state index is -3.81. The van der Waals surface area contributed by atoms with Crippen LogP contribution in [-0.2, 0) is 9.84 Å². The minimum Gasteiger partial charge on any atom is -0.315 e. The van der Waals surface area contributed by atoms with Gasteiger partial charge in [-0.25, -0.2) is 8.42 Å². The number of nitrogens with zero attached hydrogens (tertiary/aromatic N) is 2. The van der Waals surface area contributed by atoms with E-state index in [-0.39, 0.29) is 0 Å². The van der Waals surface area contributed by atoms with E-state index in [1.54, 1.807) is 12.4 Å². The molecule has 33 heavy (non-hydrogen) atoms. The van der Waals surface area contributed by atoms with Crippen molar-refractivity contribution < 1.29 is 8.42 Å². The number of rotatable bonds is 4. The van der Waals surface area contributed by atoms with Crippen LogP contribution in [0.1, 0.15) is 0 Å². The van der Waals surface area contributed by atoms with Gasteiger partial charge < -0.3 is 9.13 Å². The minimum absolute atomic E-state index is 0.304. The summed E-state index contributed by atoms with van der Waals surface area (Å²) in [6.07, 6.45) is 3.48. The maximum atomic E-state index is 14.1. The van der Waals surface area contributed by atoms with Gasteiger partial charge in [-0.1, -0.05) is 72.8 Å². The number of hydrogen-bond acceptors (Lipinski definition) is 2. The molecular weight excluding hydrogens is 428 g/mol. The number of para-hydroxylation sites is 4. The van der Waals surface area contributed by atoms with Crippen LogP contribution in [0.25, 0.3) is 33.2 Å². The van der Waals surface area contributed by atoms with E-state index < -0.39 is 9.84 Å². The second-order valence-corrected chi connectivity index (χ2v) is 9.82. The highest BCUT2D eigenvalue weighted by atomic mass is 32.2. The molecule has 0 bridgehead atoms. The Morgan fingerprint density at radius 1 is 0.455 bits per heavy atom. The van der Waals surface area contributed by atoms with E-state index in [4.69, 9.17) is 0 Å². The number of fused-ring (bicyclic) bond motifs is 2. The van der Waals surface area contributed by atoms with Crippen LogP contribution < -0.4 is 0 Å². The zero-order valence-corrected chi connectivity index (χ0v) is 18.5. The molecule has 0 N–H and O–H groups in total. The largest absolute Gasteiger partial charge is 0.315 e. The molecular formula is C28H20N2O2S. The molecule has 0 aliphatic rings. The summed E-state index contributed by atoms with van der Waals surface area (Å²) in [5.41, 5.74) is 3.55. The van der Waals surface area contributed by atoms with Crippen molar-refractivity contribution in [2.75, 3.05) is 0 Å². The summed E-state index contributed by atoms with van der Waals surface area (Å²) in [5, 5.41) is 1.41. The summed E-state index contributed by atoms with van der Waals surface area (Å²) < 4.78 is 32.1. The van der Waals surface area contributed by atoms with Gasteiger partial charge in [0.2, 0.25) is 9.84 Å². The van der Waals surface area contributed by atoms with Crippen LogP contribution in [0.4, 0.5) is 0 Å². The molecule has 0 saturated heterocycles. The molecule has 0 saturated carbocycles. The fourth-order valence-corrected chi connectivity index (χ4v) is 6.10. The molecule has 0 atom stereocenters. The van der Waals surface area contributed by atoms with Crippen molar-refractivity contribution in [1.82, 2.24) is 9.13 Å². The van der Waals surface area contributed by atoms with Gasteiger partial charge >= 0.3 is 0 Å². The first-order valence-corrected chi connectivity index (χ1v) is 12.2. The lowest BCUT2D eigenvalue weighted by atomic mass is 10.2. The normalized spacial score (nSPS) is 11.9. The van der Waals surface area contributed by atoms with Crippen molar-refractivity contribution in [1.29, 1.82) is 0 Å². The predicted molar refractivity (Wildman–Crippen MR) is 132 cm³/mol. The van der Waals surface area contributed by atoms with Crippen molar-refractivity contribution in [3.63, 3.8) is 0 Å². The molecule has 0 fully saturated rings. The molecule has 4 aromatic carbocycles. The predicted octanol–water partition coefficient (Wildman–Crippen LogP) is 6.41. The summed E-state index contributed by atoms with van der Waals surface area (Å²) in [5.74, 6) is 0. The molecule has 0 amide bonds. The van der Waals surface area contributed by atoms with E-state index in [2.05, 4.69) is 0 Å². The Balaban J connectivity index is 1.63. The van der Waals surface area contributed by atoms with Gasteiger partial charge in [0.05, 0.1) is 20.8 Å².